The largest absolute Gasteiger partial charge is 0.339 e. The Kier molecular flexibility index (Phi) is 7.66. The Morgan fingerprint density at radius 3 is 2.41 bits per heavy atom. The van der Waals surface area contributed by atoms with Gasteiger partial charge in [0.15, 0.2) is 0 Å². The summed E-state index contributed by atoms with van der Waals surface area (Å²) in [7, 11) is 0. The van der Waals surface area contributed by atoms with E-state index in [-0.39, 0.29) is 29.0 Å². The molecule has 3 rings (SSSR count). The van der Waals surface area contributed by atoms with E-state index in [9.17, 15) is 14.0 Å². The maximum atomic E-state index is 13.5. The Morgan fingerprint density at radius 2 is 1.69 bits per heavy atom. The predicted molar refractivity (Wildman–Crippen MR) is 115 cm³/mol. The van der Waals surface area contributed by atoms with Gasteiger partial charge in [0.25, 0.3) is 0 Å². The molecule has 0 aliphatic carbocycles. The third-order valence-corrected chi connectivity index (χ3v) is 5.90. The molecule has 0 saturated carbocycles. The van der Waals surface area contributed by atoms with Crippen molar-refractivity contribution in [3.05, 3.63) is 65.5 Å². The molecule has 1 saturated heterocycles. The van der Waals surface area contributed by atoms with Crippen molar-refractivity contribution < 1.29 is 14.0 Å². The fourth-order valence-electron chi connectivity index (χ4n) is 3.25. The number of aryl methyl sites for hydroxylation is 1. The summed E-state index contributed by atoms with van der Waals surface area (Å²) in [5, 5.41) is 2.53. The van der Waals surface area contributed by atoms with Gasteiger partial charge in [-0.25, -0.2) is 4.39 Å². The fraction of sp³-hybridized carbons (Fsp3) is 0.364. The number of carbonyl (C=O) groups is 2. The maximum Gasteiger partial charge on any atom is 0.234 e. The standard InChI is InChI=1S/C22H26FN3O2S/c1-17-6-2-3-7-18(17)14-25-10-12-26(13-11-25)22(28)16-29-15-21(27)24-20-9-5-4-8-19(20)23/h2-9H,10-16H2,1H3,(H,24,27). The van der Waals surface area contributed by atoms with Crippen molar-refractivity contribution in [1.29, 1.82) is 0 Å². The number of hydrogen-bond acceptors (Lipinski definition) is 4. The van der Waals surface area contributed by atoms with Gasteiger partial charge in [-0.15, -0.1) is 11.8 Å². The highest BCUT2D eigenvalue weighted by Crippen LogP contribution is 2.15. The van der Waals surface area contributed by atoms with Crippen molar-refractivity contribution in [1.82, 2.24) is 9.80 Å². The van der Waals surface area contributed by atoms with Gasteiger partial charge in [-0.2, -0.15) is 0 Å². The number of rotatable bonds is 7. The van der Waals surface area contributed by atoms with Gasteiger partial charge in [0.2, 0.25) is 11.8 Å². The first-order valence-electron chi connectivity index (χ1n) is 9.69. The Morgan fingerprint density at radius 1 is 1.00 bits per heavy atom. The van der Waals surface area contributed by atoms with Gasteiger partial charge in [-0.05, 0) is 30.2 Å². The molecule has 1 fully saturated rings. The van der Waals surface area contributed by atoms with E-state index in [4.69, 9.17) is 0 Å². The molecule has 1 N–H and O–H groups in total. The van der Waals surface area contributed by atoms with Gasteiger partial charge < -0.3 is 10.2 Å². The van der Waals surface area contributed by atoms with E-state index in [0.717, 1.165) is 19.6 Å². The number of thioether (sulfide) groups is 1. The molecule has 2 aromatic rings. The third-order valence-electron chi connectivity index (χ3n) is 4.99. The second kappa shape index (κ2) is 10.4. The number of para-hydroxylation sites is 1. The van der Waals surface area contributed by atoms with E-state index in [1.807, 2.05) is 11.0 Å². The summed E-state index contributed by atoms with van der Waals surface area (Å²) in [4.78, 5) is 28.6. The highest BCUT2D eigenvalue weighted by molar-refractivity contribution is 8.00. The number of hydrogen-bond donors (Lipinski definition) is 1. The second-order valence-corrected chi connectivity index (χ2v) is 8.09. The normalized spacial score (nSPS) is 14.6. The summed E-state index contributed by atoms with van der Waals surface area (Å²) in [5.41, 5.74) is 2.77. The molecule has 1 heterocycles. The van der Waals surface area contributed by atoms with E-state index in [0.29, 0.717) is 13.1 Å². The highest BCUT2D eigenvalue weighted by Gasteiger charge is 2.21. The first kappa shape index (κ1) is 21.3. The first-order valence-corrected chi connectivity index (χ1v) is 10.8. The van der Waals surface area contributed by atoms with Crippen LogP contribution in [0.15, 0.2) is 48.5 Å². The van der Waals surface area contributed by atoms with Gasteiger partial charge in [0, 0.05) is 32.7 Å². The average Bonchev–Trinajstić information content (AvgIpc) is 2.72. The predicted octanol–water partition coefficient (Wildman–Crippen LogP) is 3.15. The molecule has 0 bridgehead atoms. The number of nitrogens with zero attached hydrogens (tertiary/aromatic N) is 2. The minimum Gasteiger partial charge on any atom is -0.339 e. The first-order chi connectivity index (χ1) is 14.0. The van der Waals surface area contributed by atoms with Crippen LogP contribution in [-0.2, 0) is 16.1 Å². The summed E-state index contributed by atoms with van der Waals surface area (Å²) < 4.78 is 13.5. The summed E-state index contributed by atoms with van der Waals surface area (Å²) in [5.74, 6) is -0.360. The summed E-state index contributed by atoms with van der Waals surface area (Å²) in [6.07, 6.45) is 0. The molecular weight excluding hydrogens is 389 g/mol. The SMILES string of the molecule is Cc1ccccc1CN1CCN(C(=O)CSCC(=O)Nc2ccccc2F)CC1. The van der Waals surface area contributed by atoms with Crippen LogP contribution in [0.3, 0.4) is 0 Å². The van der Waals surface area contributed by atoms with Gasteiger partial charge in [-0.3, -0.25) is 14.5 Å². The van der Waals surface area contributed by atoms with Crippen molar-refractivity contribution in [2.45, 2.75) is 13.5 Å². The smallest absolute Gasteiger partial charge is 0.234 e. The lowest BCUT2D eigenvalue weighted by Crippen LogP contribution is -2.48. The van der Waals surface area contributed by atoms with Crippen LogP contribution >= 0.6 is 11.8 Å². The molecule has 154 valence electrons. The number of nitrogens with one attached hydrogen (secondary N) is 1. The number of benzene rings is 2. The monoisotopic (exact) mass is 415 g/mol. The van der Waals surface area contributed by atoms with E-state index < -0.39 is 5.82 Å². The Hall–Kier alpha value is -2.38. The zero-order valence-electron chi connectivity index (χ0n) is 16.6. The van der Waals surface area contributed by atoms with Crippen LogP contribution in [0.1, 0.15) is 11.1 Å². The van der Waals surface area contributed by atoms with Crippen molar-refractivity contribution in [2.75, 3.05) is 43.0 Å². The summed E-state index contributed by atoms with van der Waals surface area (Å²) in [6, 6.07) is 14.4. The quantitative estimate of drug-likeness (QED) is 0.755. The number of anilines is 1. The molecule has 7 heteroatoms. The number of halogens is 1. The maximum absolute atomic E-state index is 13.5. The van der Waals surface area contributed by atoms with Crippen LogP contribution in [0, 0.1) is 12.7 Å². The minimum absolute atomic E-state index is 0.0456. The van der Waals surface area contributed by atoms with E-state index in [1.165, 1.54) is 35.0 Å². The molecule has 0 aromatic heterocycles. The zero-order chi connectivity index (χ0) is 20.6. The third kappa shape index (κ3) is 6.30. The Bertz CT molecular complexity index is 853. The molecule has 0 atom stereocenters. The summed E-state index contributed by atoms with van der Waals surface area (Å²) in [6.45, 7) is 6.12. The summed E-state index contributed by atoms with van der Waals surface area (Å²) >= 11 is 1.25. The minimum atomic E-state index is -0.467. The van der Waals surface area contributed by atoms with E-state index in [2.05, 4.69) is 35.3 Å². The molecule has 2 amide bonds. The number of amides is 2. The van der Waals surface area contributed by atoms with Crippen molar-refractivity contribution in [3.63, 3.8) is 0 Å². The van der Waals surface area contributed by atoms with Crippen molar-refractivity contribution in [2.24, 2.45) is 0 Å². The average molecular weight is 416 g/mol. The second-order valence-electron chi connectivity index (χ2n) is 7.10. The molecule has 0 spiro atoms. The van der Waals surface area contributed by atoms with Gasteiger partial charge >= 0.3 is 0 Å². The van der Waals surface area contributed by atoms with Crippen LogP contribution in [-0.4, -0.2) is 59.3 Å². The van der Waals surface area contributed by atoms with Crippen LogP contribution < -0.4 is 5.32 Å². The van der Waals surface area contributed by atoms with Crippen LogP contribution in [0.5, 0.6) is 0 Å². The van der Waals surface area contributed by atoms with Crippen molar-refractivity contribution in [3.8, 4) is 0 Å². The molecule has 0 radical (unpaired) electrons. The highest BCUT2D eigenvalue weighted by atomic mass is 32.2. The zero-order valence-corrected chi connectivity index (χ0v) is 17.4. The van der Waals surface area contributed by atoms with Gasteiger partial charge in [0.05, 0.1) is 17.2 Å². The van der Waals surface area contributed by atoms with Crippen molar-refractivity contribution >= 4 is 29.3 Å². The Labute approximate surface area is 175 Å². The molecule has 29 heavy (non-hydrogen) atoms. The molecule has 0 unspecified atom stereocenters. The molecular formula is C22H26FN3O2S. The van der Waals surface area contributed by atoms with Crippen LogP contribution in [0.2, 0.25) is 0 Å². The Balaban J connectivity index is 1.36. The molecule has 1 aliphatic heterocycles. The van der Waals surface area contributed by atoms with E-state index in [1.54, 1.807) is 12.1 Å². The lowest BCUT2D eigenvalue weighted by molar-refractivity contribution is -0.130. The molecule has 5 nitrogen and oxygen atoms in total. The molecule has 1 aliphatic rings. The number of carbonyl (C=O) groups excluding carboxylic acids is 2. The van der Waals surface area contributed by atoms with Crippen LogP contribution in [0.25, 0.3) is 0 Å². The lowest BCUT2D eigenvalue weighted by Gasteiger charge is -2.35. The molecule has 2 aromatic carbocycles. The van der Waals surface area contributed by atoms with Crippen LogP contribution in [0.4, 0.5) is 10.1 Å². The van der Waals surface area contributed by atoms with Gasteiger partial charge in [0.1, 0.15) is 5.82 Å². The van der Waals surface area contributed by atoms with E-state index >= 15 is 0 Å². The number of piperazine rings is 1. The topological polar surface area (TPSA) is 52.7 Å². The van der Waals surface area contributed by atoms with Gasteiger partial charge in [-0.1, -0.05) is 36.4 Å². The lowest BCUT2D eigenvalue weighted by atomic mass is 10.1. The fourth-order valence-corrected chi connectivity index (χ4v) is 3.97.